The van der Waals surface area contributed by atoms with Crippen molar-refractivity contribution in [2.45, 2.75) is 19.8 Å². The Morgan fingerprint density at radius 2 is 1.75 bits per heavy atom. The second-order valence-electron chi connectivity index (χ2n) is 5.02. The molecule has 11 heteroatoms. The van der Waals surface area contributed by atoms with Crippen molar-refractivity contribution in [1.29, 1.82) is 0 Å². The molecule has 136 valence electrons. The third kappa shape index (κ3) is 5.71. The molecule has 0 aliphatic heterocycles. The van der Waals surface area contributed by atoms with Gasteiger partial charge in [0.05, 0.1) is 17.2 Å². The molecule has 1 aromatic carbocycles. The number of halogens is 2. The van der Waals surface area contributed by atoms with E-state index >= 15 is 0 Å². The first-order valence-electron chi connectivity index (χ1n) is 6.91. The van der Waals surface area contributed by atoms with Gasteiger partial charge in [-0.2, -0.15) is 0 Å². The number of benzene rings is 1. The SMILES string of the molecule is CCCS(=O)(=O)CCCS(=O)(=O)Nc1ccc(F)c(C(=O)O)c1F. The highest BCUT2D eigenvalue weighted by Crippen LogP contribution is 2.22. The lowest BCUT2D eigenvalue weighted by Gasteiger charge is -2.10. The fourth-order valence-electron chi connectivity index (χ4n) is 1.93. The second kappa shape index (κ2) is 7.88. The van der Waals surface area contributed by atoms with Crippen molar-refractivity contribution in [3.63, 3.8) is 0 Å². The molecule has 0 fully saturated rings. The molecule has 1 aromatic rings. The van der Waals surface area contributed by atoms with Crippen LogP contribution in [0.1, 0.15) is 30.1 Å². The lowest BCUT2D eigenvalue weighted by Crippen LogP contribution is -2.21. The van der Waals surface area contributed by atoms with Crippen LogP contribution < -0.4 is 4.72 Å². The fraction of sp³-hybridized carbons (Fsp3) is 0.462. The molecule has 0 aliphatic rings. The lowest BCUT2D eigenvalue weighted by molar-refractivity contribution is 0.0686. The summed E-state index contributed by atoms with van der Waals surface area (Å²) in [5, 5.41) is 8.73. The van der Waals surface area contributed by atoms with Crippen LogP contribution in [0.4, 0.5) is 14.5 Å². The van der Waals surface area contributed by atoms with Gasteiger partial charge >= 0.3 is 5.97 Å². The van der Waals surface area contributed by atoms with Gasteiger partial charge in [-0.3, -0.25) is 4.72 Å². The van der Waals surface area contributed by atoms with Gasteiger partial charge < -0.3 is 5.11 Å². The van der Waals surface area contributed by atoms with Gasteiger partial charge in [0.2, 0.25) is 10.0 Å². The van der Waals surface area contributed by atoms with Crippen molar-refractivity contribution in [2.75, 3.05) is 22.0 Å². The Bertz CT molecular complexity index is 821. The Morgan fingerprint density at radius 1 is 1.12 bits per heavy atom. The molecule has 0 heterocycles. The van der Waals surface area contributed by atoms with Crippen molar-refractivity contribution < 1.29 is 35.5 Å². The largest absolute Gasteiger partial charge is 0.477 e. The number of carbonyl (C=O) groups is 1. The summed E-state index contributed by atoms with van der Waals surface area (Å²) in [5.74, 6) is -5.77. The monoisotopic (exact) mass is 385 g/mol. The minimum atomic E-state index is -4.12. The molecule has 0 amide bonds. The second-order valence-corrected chi connectivity index (χ2v) is 9.16. The van der Waals surface area contributed by atoms with Crippen molar-refractivity contribution in [3.05, 3.63) is 29.3 Å². The minimum absolute atomic E-state index is 0.0605. The average Bonchev–Trinajstić information content (AvgIpc) is 2.41. The molecule has 2 N–H and O–H groups in total. The number of aromatic carboxylic acids is 1. The van der Waals surface area contributed by atoms with E-state index < -0.39 is 54.5 Å². The van der Waals surface area contributed by atoms with Gasteiger partial charge in [0.1, 0.15) is 21.2 Å². The first-order chi connectivity index (χ1) is 11.0. The van der Waals surface area contributed by atoms with Crippen LogP contribution in [0.5, 0.6) is 0 Å². The minimum Gasteiger partial charge on any atom is -0.477 e. The number of hydrogen-bond donors (Lipinski definition) is 2. The summed E-state index contributed by atoms with van der Waals surface area (Å²) >= 11 is 0. The number of sulfone groups is 1. The lowest BCUT2D eigenvalue weighted by atomic mass is 10.2. The summed E-state index contributed by atoms with van der Waals surface area (Å²) in [6.45, 7) is 1.67. The van der Waals surface area contributed by atoms with Crippen LogP contribution in [-0.2, 0) is 19.9 Å². The van der Waals surface area contributed by atoms with Crippen LogP contribution in [0, 0.1) is 11.6 Å². The number of nitrogens with one attached hydrogen (secondary N) is 1. The van der Waals surface area contributed by atoms with Gasteiger partial charge in [-0.1, -0.05) is 6.92 Å². The Hall–Kier alpha value is -1.75. The molecule has 0 saturated carbocycles. The van der Waals surface area contributed by atoms with Gasteiger partial charge in [-0.15, -0.1) is 0 Å². The molecule has 1 rings (SSSR count). The fourth-order valence-corrected chi connectivity index (χ4v) is 4.64. The zero-order valence-electron chi connectivity index (χ0n) is 12.8. The van der Waals surface area contributed by atoms with Gasteiger partial charge in [0.25, 0.3) is 0 Å². The number of rotatable bonds is 9. The summed E-state index contributed by atoms with van der Waals surface area (Å²) in [4.78, 5) is 10.8. The molecule has 0 spiro atoms. The molecule has 7 nitrogen and oxygen atoms in total. The molecule has 24 heavy (non-hydrogen) atoms. The van der Waals surface area contributed by atoms with Crippen molar-refractivity contribution >= 4 is 31.5 Å². The molecular formula is C13H17F2NO6S2. The van der Waals surface area contributed by atoms with Crippen LogP contribution >= 0.6 is 0 Å². The summed E-state index contributed by atoms with van der Waals surface area (Å²) in [7, 11) is -7.47. The van der Waals surface area contributed by atoms with Gasteiger partial charge in [0.15, 0.2) is 5.82 Å². The van der Waals surface area contributed by atoms with Crippen LogP contribution in [0.15, 0.2) is 12.1 Å². The number of anilines is 1. The van der Waals surface area contributed by atoms with Crippen molar-refractivity contribution in [1.82, 2.24) is 0 Å². The summed E-state index contributed by atoms with van der Waals surface area (Å²) in [6.07, 6.45) is 0.207. The van der Waals surface area contributed by atoms with E-state index in [9.17, 15) is 30.4 Å². The van der Waals surface area contributed by atoms with Gasteiger partial charge in [0, 0.05) is 5.75 Å². The van der Waals surface area contributed by atoms with Crippen LogP contribution in [0.3, 0.4) is 0 Å². The zero-order chi connectivity index (χ0) is 18.5. The maximum Gasteiger partial charge on any atom is 0.341 e. The first kappa shape index (κ1) is 20.3. The van der Waals surface area contributed by atoms with Crippen molar-refractivity contribution in [3.8, 4) is 0 Å². The summed E-state index contributed by atoms with van der Waals surface area (Å²) in [6, 6.07) is 1.37. The number of hydrogen-bond acceptors (Lipinski definition) is 5. The maximum absolute atomic E-state index is 13.9. The van der Waals surface area contributed by atoms with E-state index in [1.165, 1.54) is 0 Å². The standard InChI is InChI=1S/C13H17F2NO6S2/c1-2-6-23(19,20)7-3-8-24(21,22)16-10-5-4-9(14)11(12(10)15)13(17)18/h4-5,16H,2-3,6-8H2,1H3,(H,17,18). The van der Waals surface area contributed by atoms with E-state index in [0.29, 0.717) is 12.5 Å². The molecule has 0 atom stereocenters. The van der Waals surface area contributed by atoms with E-state index in [1.54, 1.807) is 11.6 Å². The summed E-state index contributed by atoms with van der Waals surface area (Å²) < 4.78 is 75.6. The Morgan fingerprint density at radius 3 is 2.29 bits per heavy atom. The van der Waals surface area contributed by atoms with Crippen LogP contribution in [-0.4, -0.2) is 45.2 Å². The molecular weight excluding hydrogens is 368 g/mol. The Labute approximate surface area is 138 Å². The Kier molecular flexibility index (Phi) is 6.67. The quantitative estimate of drug-likeness (QED) is 0.667. The molecule has 0 radical (unpaired) electrons. The summed E-state index contributed by atoms with van der Waals surface area (Å²) in [5.41, 5.74) is -1.99. The van der Waals surface area contributed by atoms with E-state index in [0.717, 1.165) is 6.07 Å². The third-order valence-electron chi connectivity index (χ3n) is 2.95. The maximum atomic E-state index is 13.9. The number of carboxylic acids is 1. The average molecular weight is 385 g/mol. The highest BCUT2D eigenvalue weighted by atomic mass is 32.2. The topological polar surface area (TPSA) is 118 Å². The predicted molar refractivity (Wildman–Crippen MR) is 84.3 cm³/mol. The van der Waals surface area contributed by atoms with Gasteiger partial charge in [-0.05, 0) is 25.0 Å². The Balaban J connectivity index is 2.85. The molecule has 0 aromatic heterocycles. The predicted octanol–water partition coefficient (Wildman–Crippen LogP) is 1.62. The van der Waals surface area contributed by atoms with E-state index in [4.69, 9.17) is 5.11 Å². The van der Waals surface area contributed by atoms with E-state index in [-0.39, 0.29) is 17.9 Å². The molecule has 0 aliphatic carbocycles. The van der Waals surface area contributed by atoms with Gasteiger partial charge in [-0.25, -0.2) is 30.4 Å². The van der Waals surface area contributed by atoms with Crippen LogP contribution in [0.2, 0.25) is 0 Å². The molecule has 0 bridgehead atoms. The third-order valence-corrected chi connectivity index (χ3v) is 6.25. The van der Waals surface area contributed by atoms with Crippen LogP contribution in [0.25, 0.3) is 0 Å². The highest BCUT2D eigenvalue weighted by molar-refractivity contribution is 7.93. The zero-order valence-corrected chi connectivity index (χ0v) is 14.4. The smallest absolute Gasteiger partial charge is 0.341 e. The van der Waals surface area contributed by atoms with E-state index in [1.807, 2.05) is 0 Å². The van der Waals surface area contributed by atoms with Crippen molar-refractivity contribution in [2.24, 2.45) is 0 Å². The normalized spacial score (nSPS) is 12.1. The molecule has 0 saturated heterocycles. The number of carboxylic acid groups (broad SMARTS) is 1. The number of sulfonamides is 1. The highest BCUT2D eigenvalue weighted by Gasteiger charge is 2.22. The van der Waals surface area contributed by atoms with E-state index in [2.05, 4.69) is 0 Å². The molecule has 0 unspecified atom stereocenters. The first-order valence-corrected chi connectivity index (χ1v) is 10.4.